The molecule has 7 heteroatoms. The predicted molar refractivity (Wildman–Crippen MR) is 76.3 cm³/mol. The standard InChI is InChI=1S/C12H28N4O2S/c1-13-5-7-14(2)9-11-16(19(4,17)18)12-10-15(3)8-6-13/h5-12H2,1-4H3/p+3. The maximum absolute atomic E-state index is 11.8. The lowest BCUT2D eigenvalue weighted by Crippen LogP contribution is -3.21. The van der Waals surface area contributed by atoms with E-state index in [9.17, 15) is 8.42 Å². The molecule has 1 fully saturated rings. The molecule has 0 radical (unpaired) electrons. The predicted octanol–water partition coefficient (Wildman–Crippen LogP) is -5.19. The van der Waals surface area contributed by atoms with Crippen LogP contribution in [-0.4, -0.2) is 92.5 Å². The molecule has 0 spiro atoms. The molecule has 1 aliphatic rings. The van der Waals surface area contributed by atoms with Crippen LogP contribution < -0.4 is 14.7 Å². The number of rotatable bonds is 1. The third-order valence-electron chi connectivity index (χ3n) is 4.00. The highest BCUT2D eigenvalue weighted by atomic mass is 32.2. The molecule has 0 aromatic rings. The van der Waals surface area contributed by atoms with E-state index in [1.165, 1.54) is 16.1 Å². The maximum atomic E-state index is 11.8. The first-order valence-electron chi connectivity index (χ1n) is 7.18. The topological polar surface area (TPSA) is 50.7 Å². The van der Waals surface area contributed by atoms with Gasteiger partial charge < -0.3 is 14.7 Å². The van der Waals surface area contributed by atoms with E-state index in [1.807, 2.05) is 0 Å². The van der Waals surface area contributed by atoms with Crippen molar-refractivity contribution >= 4 is 10.0 Å². The molecule has 6 nitrogen and oxygen atoms in total. The fourth-order valence-corrected chi connectivity index (χ4v) is 3.15. The van der Waals surface area contributed by atoms with Crippen molar-refractivity contribution < 1.29 is 23.1 Å². The molecule has 0 amide bonds. The molecule has 0 aliphatic carbocycles. The van der Waals surface area contributed by atoms with Gasteiger partial charge in [0.25, 0.3) is 0 Å². The van der Waals surface area contributed by atoms with Crippen LogP contribution in [0.2, 0.25) is 0 Å². The molecule has 2 unspecified atom stereocenters. The summed E-state index contributed by atoms with van der Waals surface area (Å²) in [5, 5.41) is 0. The molecule has 3 N–H and O–H groups in total. The highest BCUT2D eigenvalue weighted by Gasteiger charge is 2.21. The third kappa shape index (κ3) is 6.67. The Bertz CT molecular complexity index is 343. The summed E-state index contributed by atoms with van der Waals surface area (Å²) in [6, 6.07) is 0. The Morgan fingerprint density at radius 2 is 1.05 bits per heavy atom. The number of likely N-dealkylation sites (N-methyl/N-ethyl adjacent to an activating group) is 3. The minimum atomic E-state index is -3.07. The highest BCUT2D eigenvalue weighted by Crippen LogP contribution is 1.94. The van der Waals surface area contributed by atoms with Crippen molar-refractivity contribution in [3.05, 3.63) is 0 Å². The van der Waals surface area contributed by atoms with Gasteiger partial charge in [0.15, 0.2) is 0 Å². The molecule has 1 saturated heterocycles. The van der Waals surface area contributed by atoms with Crippen LogP contribution in [0.1, 0.15) is 0 Å². The van der Waals surface area contributed by atoms with Crippen LogP contribution in [-0.2, 0) is 10.0 Å². The van der Waals surface area contributed by atoms with E-state index in [-0.39, 0.29) is 0 Å². The smallest absolute Gasteiger partial charge is 0.211 e. The van der Waals surface area contributed by atoms with E-state index < -0.39 is 10.0 Å². The number of quaternary nitrogens is 3. The summed E-state index contributed by atoms with van der Waals surface area (Å²) in [5.74, 6) is 0. The van der Waals surface area contributed by atoms with Crippen LogP contribution in [0.3, 0.4) is 0 Å². The lowest BCUT2D eigenvalue weighted by molar-refractivity contribution is -0.962. The van der Waals surface area contributed by atoms with Crippen LogP contribution in [0.15, 0.2) is 0 Å². The summed E-state index contributed by atoms with van der Waals surface area (Å²) in [7, 11) is 3.47. The lowest BCUT2D eigenvalue weighted by atomic mass is 10.4. The van der Waals surface area contributed by atoms with E-state index >= 15 is 0 Å². The Kier molecular flexibility index (Phi) is 6.68. The van der Waals surface area contributed by atoms with E-state index in [0.29, 0.717) is 13.1 Å². The fourth-order valence-electron chi connectivity index (χ4n) is 2.30. The van der Waals surface area contributed by atoms with Gasteiger partial charge in [-0.1, -0.05) is 0 Å². The van der Waals surface area contributed by atoms with Crippen molar-refractivity contribution in [1.82, 2.24) is 4.31 Å². The summed E-state index contributed by atoms with van der Waals surface area (Å²) < 4.78 is 25.2. The van der Waals surface area contributed by atoms with Crippen molar-refractivity contribution in [3.8, 4) is 0 Å². The second kappa shape index (κ2) is 7.54. The molecule has 0 saturated carbocycles. The van der Waals surface area contributed by atoms with E-state index in [2.05, 4.69) is 21.1 Å². The lowest BCUT2D eigenvalue weighted by Gasteiger charge is -2.26. The van der Waals surface area contributed by atoms with Crippen molar-refractivity contribution in [2.24, 2.45) is 0 Å². The molecule has 1 aliphatic heterocycles. The van der Waals surface area contributed by atoms with Crippen LogP contribution in [0.4, 0.5) is 0 Å². The number of hydrogen-bond donors (Lipinski definition) is 3. The fraction of sp³-hybridized carbons (Fsp3) is 1.00. The molecule has 0 bridgehead atoms. The molecule has 114 valence electrons. The van der Waals surface area contributed by atoms with Gasteiger partial charge in [0.1, 0.15) is 26.2 Å². The summed E-state index contributed by atoms with van der Waals surface area (Å²) in [6.45, 7) is 7.55. The van der Waals surface area contributed by atoms with Crippen molar-refractivity contribution in [3.63, 3.8) is 0 Å². The molecule has 1 heterocycles. The average molecular weight is 295 g/mol. The Morgan fingerprint density at radius 1 is 0.737 bits per heavy atom. The third-order valence-corrected chi connectivity index (χ3v) is 5.31. The number of hydrogen-bond acceptors (Lipinski definition) is 2. The SMILES string of the molecule is C[NH+]1CCN(S(C)(=O)=O)CC[NH+](C)CC[NH+](C)CC1. The first-order chi connectivity index (χ1) is 8.79. The van der Waals surface area contributed by atoms with Gasteiger partial charge in [-0.05, 0) is 0 Å². The second-order valence-electron chi connectivity index (χ2n) is 6.03. The van der Waals surface area contributed by atoms with Gasteiger partial charge in [-0.15, -0.1) is 0 Å². The number of nitrogens with one attached hydrogen (secondary N) is 3. The van der Waals surface area contributed by atoms with Gasteiger partial charge in [-0.2, -0.15) is 4.31 Å². The van der Waals surface area contributed by atoms with Gasteiger partial charge in [-0.3, -0.25) is 0 Å². The molecule has 1 rings (SSSR count). The van der Waals surface area contributed by atoms with Crippen LogP contribution in [0.5, 0.6) is 0 Å². The van der Waals surface area contributed by atoms with Crippen molar-refractivity contribution in [2.75, 3.05) is 79.8 Å². The van der Waals surface area contributed by atoms with Gasteiger partial charge in [0.2, 0.25) is 10.0 Å². The summed E-state index contributed by atoms with van der Waals surface area (Å²) in [6.07, 6.45) is 1.32. The van der Waals surface area contributed by atoms with Crippen LogP contribution >= 0.6 is 0 Å². The molecule has 19 heavy (non-hydrogen) atoms. The number of nitrogens with zero attached hydrogens (tertiary/aromatic N) is 1. The summed E-state index contributed by atoms with van der Waals surface area (Å²) in [5.41, 5.74) is 0. The zero-order chi connectivity index (χ0) is 14.5. The van der Waals surface area contributed by atoms with Crippen LogP contribution in [0, 0.1) is 0 Å². The Labute approximate surface area is 118 Å². The Hall–Kier alpha value is -0.210. The van der Waals surface area contributed by atoms with Gasteiger partial charge >= 0.3 is 0 Å². The Balaban J connectivity index is 2.65. The van der Waals surface area contributed by atoms with Crippen molar-refractivity contribution in [2.45, 2.75) is 0 Å². The first kappa shape index (κ1) is 16.8. The minimum Gasteiger partial charge on any atom is -0.332 e. The maximum Gasteiger partial charge on any atom is 0.211 e. The molecule has 2 atom stereocenters. The molecular formula is C12H31N4O2S+3. The highest BCUT2D eigenvalue weighted by molar-refractivity contribution is 7.88. The molecule has 0 aromatic heterocycles. The summed E-state index contributed by atoms with van der Waals surface area (Å²) >= 11 is 0. The first-order valence-corrected chi connectivity index (χ1v) is 9.03. The normalized spacial score (nSPS) is 33.4. The zero-order valence-corrected chi connectivity index (χ0v) is 13.6. The summed E-state index contributed by atoms with van der Waals surface area (Å²) in [4.78, 5) is 4.39. The quantitative estimate of drug-likeness (QED) is 0.453. The average Bonchev–Trinajstić information content (AvgIpc) is 2.30. The monoisotopic (exact) mass is 295 g/mol. The van der Waals surface area contributed by atoms with Gasteiger partial charge in [0, 0.05) is 0 Å². The largest absolute Gasteiger partial charge is 0.332 e. The molecule has 0 aromatic carbocycles. The van der Waals surface area contributed by atoms with E-state index in [0.717, 1.165) is 39.3 Å². The Morgan fingerprint density at radius 3 is 1.37 bits per heavy atom. The van der Waals surface area contributed by atoms with Gasteiger partial charge in [0.05, 0.1) is 53.6 Å². The molecular weight excluding hydrogens is 264 g/mol. The van der Waals surface area contributed by atoms with E-state index in [1.54, 1.807) is 9.21 Å². The van der Waals surface area contributed by atoms with E-state index in [4.69, 9.17) is 0 Å². The zero-order valence-electron chi connectivity index (χ0n) is 12.8. The number of sulfonamides is 1. The second-order valence-corrected chi connectivity index (χ2v) is 8.02. The van der Waals surface area contributed by atoms with Crippen LogP contribution in [0.25, 0.3) is 0 Å². The minimum absolute atomic E-state index is 0.636. The van der Waals surface area contributed by atoms with Gasteiger partial charge in [-0.25, -0.2) is 8.42 Å². The van der Waals surface area contributed by atoms with Crippen molar-refractivity contribution in [1.29, 1.82) is 0 Å².